The first-order valence-corrected chi connectivity index (χ1v) is 11.0. The smallest absolute Gasteiger partial charge is 0.193 e. The molecule has 1 atom stereocenters. The number of benzene rings is 2. The standard InChI is InChI=1S/C26H30N4O2.HI/c1-27-26(30-15-13-22(18-30)21-9-11-24(31-2)12-10-21)29-17-20-6-5-8-25(16-20)32-19-23-7-3-4-14-28-23;/h3-12,14,16,22H,13,15,17-19H2,1-2H3,(H,27,29);1H. The van der Waals surface area contributed by atoms with E-state index in [2.05, 4.69) is 44.5 Å². The van der Waals surface area contributed by atoms with Gasteiger partial charge in [0.05, 0.1) is 12.8 Å². The first kappa shape index (κ1) is 24.8. The summed E-state index contributed by atoms with van der Waals surface area (Å²) in [5, 5.41) is 3.51. The molecule has 0 spiro atoms. The molecule has 1 aliphatic rings. The van der Waals surface area contributed by atoms with E-state index in [1.807, 2.05) is 49.5 Å². The van der Waals surface area contributed by atoms with Gasteiger partial charge in [-0.25, -0.2) is 0 Å². The monoisotopic (exact) mass is 558 g/mol. The highest BCUT2D eigenvalue weighted by atomic mass is 127. The Morgan fingerprint density at radius 1 is 1.09 bits per heavy atom. The number of likely N-dealkylation sites (tertiary alicyclic amines) is 1. The molecule has 1 aliphatic heterocycles. The van der Waals surface area contributed by atoms with E-state index in [9.17, 15) is 0 Å². The van der Waals surface area contributed by atoms with E-state index in [1.165, 1.54) is 5.56 Å². The summed E-state index contributed by atoms with van der Waals surface area (Å²) in [7, 11) is 3.54. The maximum absolute atomic E-state index is 5.91. The Balaban J connectivity index is 0.00000306. The van der Waals surface area contributed by atoms with Gasteiger partial charge >= 0.3 is 0 Å². The fraction of sp³-hybridized carbons (Fsp3) is 0.308. The van der Waals surface area contributed by atoms with Crippen molar-refractivity contribution in [2.45, 2.75) is 25.5 Å². The predicted octanol–water partition coefficient (Wildman–Crippen LogP) is 4.85. The molecule has 0 amide bonds. The Bertz CT molecular complexity index is 1030. The second-order valence-electron chi connectivity index (χ2n) is 7.86. The Labute approximate surface area is 213 Å². The number of nitrogens with one attached hydrogen (secondary N) is 1. The molecule has 0 aliphatic carbocycles. The molecule has 1 fully saturated rings. The minimum atomic E-state index is 0. The summed E-state index contributed by atoms with van der Waals surface area (Å²) >= 11 is 0. The number of rotatable bonds is 7. The maximum atomic E-state index is 5.91. The van der Waals surface area contributed by atoms with Gasteiger partial charge in [0.1, 0.15) is 18.1 Å². The lowest BCUT2D eigenvalue weighted by Gasteiger charge is -2.22. The summed E-state index contributed by atoms with van der Waals surface area (Å²) in [6, 6.07) is 22.4. The number of ether oxygens (including phenoxy) is 2. The zero-order valence-electron chi connectivity index (χ0n) is 19.1. The summed E-state index contributed by atoms with van der Waals surface area (Å²) in [5.74, 6) is 3.17. The number of hydrogen-bond donors (Lipinski definition) is 1. The zero-order valence-corrected chi connectivity index (χ0v) is 21.4. The number of aliphatic imine (C=N–C) groups is 1. The number of halogens is 1. The second kappa shape index (κ2) is 12.4. The third-order valence-electron chi connectivity index (χ3n) is 5.75. The van der Waals surface area contributed by atoms with Gasteiger partial charge in [0.25, 0.3) is 0 Å². The molecule has 0 saturated carbocycles. The van der Waals surface area contributed by atoms with Crippen molar-refractivity contribution in [1.82, 2.24) is 15.2 Å². The quantitative estimate of drug-likeness (QED) is 0.255. The summed E-state index contributed by atoms with van der Waals surface area (Å²) in [5.41, 5.74) is 3.41. The van der Waals surface area contributed by atoms with Crippen molar-refractivity contribution in [1.29, 1.82) is 0 Å². The molecule has 0 bridgehead atoms. The molecular weight excluding hydrogens is 527 g/mol. The Morgan fingerprint density at radius 2 is 1.94 bits per heavy atom. The zero-order chi connectivity index (χ0) is 22.2. The van der Waals surface area contributed by atoms with Gasteiger partial charge in [0, 0.05) is 38.8 Å². The van der Waals surface area contributed by atoms with Crippen LogP contribution in [-0.4, -0.2) is 43.1 Å². The van der Waals surface area contributed by atoms with Crippen molar-refractivity contribution in [2.24, 2.45) is 4.99 Å². The van der Waals surface area contributed by atoms with Crippen LogP contribution in [0.25, 0.3) is 0 Å². The topological polar surface area (TPSA) is 59.0 Å². The van der Waals surface area contributed by atoms with Crippen LogP contribution in [0.4, 0.5) is 0 Å². The van der Waals surface area contributed by atoms with Crippen LogP contribution >= 0.6 is 24.0 Å². The predicted molar refractivity (Wildman–Crippen MR) is 143 cm³/mol. The summed E-state index contributed by atoms with van der Waals surface area (Å²) < 4.78 is 11.2. The molecular formula is C26H31IN4O2. The molecule has 1 saturated heterocycles. The molecule has 33 heavy (non-hydrogen) atoms. The Hall–Kier alpha value is -2.81. The van der Waals surface area contributed by atoms with E-state index >= 15 is 0 Å². The summed E-state index contributed by atoms with van der Waals surface area (Å²) in [6.07, 6.45) is 2.89. The number of guanidine groups is 1. The molecule has 7 heteroatoms. The first-order chi connectivity index (χ1) is 15.7. The van der Waals surface area contributed by atoms with Crippen LogP contribution in [-0.2, 0) is 13.2 Å². The number of nitrogens with zero attached hydrogens (tertiary/aromatic N) is 3. The average molecular weight is 558 g/mol. The van der Waals surface area contributed by atoms with E-state index in [-0.39, 0.29) is 24.0 Å². The van der Waals surface area contributed by atoms with Gasteiger partial charge in [0.15, 0.2) is 5.96 Å². The molecule has 174 valence electrons. The van der Waals surface area contributed by atoms with Crippen molar-refractivity contribution in [3.05, 3.63) is 89.7 Å². The summed E-state index contributed by atoms with van der Waals surface area (Å²) in [6.45, 7) is 3.10. The van der Waals surface area contributed by atoms with E-state index in [4.69, 9.17) is 9.47 Å². The van der Waals surface area contributed by atoms with Crippen LogP contribution in [0.5, 0.6) is 11.5 Å². The average Bonchev–Trinajstić information content (AvgIpc) is 3.34. The molecule has 2 heterocycles. The molecule has 1 N–H and O–H groups in total. The van der Waals surface area contributed by atoms with Gasteiger partial charge in [-0.05, 0) is 53.9 Å². The summed E-state index contributed by atoms with van der Waals surface area (Å²) in [4.78, 5) is 11.1. The minimum Gasteiger partial charge on any atom is -0.497 e. The van der Waals surface area contributed by atoms with Crippen LogP contribution in [0.2, 0.25) is 0 Å². The number of methoxy groups -OCH3 is 1. The van der Waals surface area contributed by atoms with Crippen molar-refractivity contribution in [3.63, 3.8) is 0 Å². The van der Waals surface area contributed by atoms with E-state index in [1.54, 1.807) is 13.3 Å². The molecule has 2 aromatic carbocycles. The minimum absolute atomic E-state index is 0. The van der Waals surface area contributed by atoms with Crippen molar-refractivity contribution in [3.8, 4) is 11.5 Å². The molecule has 4 rings (SSSR count). The Morgan fingerprint density at radius 3 is 2.67 bits per heavy atom. The highest BCUT2D eigenvalue weighted by Crippen LogP contribution is 2.28. The first-order valence-electron chi connectivity index (χ1n) is 11.0. The fourth-order valence-electron chi connectivity index (χ4n) is 4.00. The van der Waals surface area contributed by atoms with Crippen LogP contribution in [0.3, 0.4) is 0 Å². The fourth-order valence-corrected chi connectivity index (χ4v) is 4.00. The van der Waals surface area contributed by atoms with Crippen LogP contribution in [0.15, 0.2) is 77.9 Å². The highest BCUT2D eigenvalue weighted by molar-refractivity contribution is 14.0. The lowest BCUT2D eigenvalue weighted by molar-refractivity contribution is 0.301. The van der Waals surface area contributed by atoms with Crippen LogP contribution in [0.1, 0.15) is 29.2 Å². The molecule has 1 unspecified atom stereocenters. The Kier molecular flexibility index (Phi) is 9.35. The van der Waals surface area contributed by atoms with Gasteiger partial charge in [-0.2, -0.15) is 0 Å². The molecule has 0 radical (unpaired) electrons. The van der Waals surface area contributed by atoms with Crippen LogP contribution in [0, 0.1) is 0 Å². The van der Waals surface area contributed by atoms with E-state index in [0.29, 0.717) is 19.1 Å². The highest BCUT2D eigenvalue weighted by Gasteiger charge is 2.26. The number of hydrogen-bond acceptors (Lipinski definition) is 4. The van der Waals surface area contributed by atoms with Gasteiger partial charge in [-0.15, -0.1) is 24.0 Å². The van der Waals surface area contributed by atoms with E-state index in [0.717, 1.165) is 48.2 Å². The molecule has 6 nitrogen and oxygen atoms in total. The third kappa shape index (κ3) is 6.83. The third-order valence-corrected chi connectivity index (χ3v) is 5.75. The lowest BCUT2D eigenvalue weighted by atomic mass is 9.98. The molecule has 1 aromatic heterocycles. The SMILES string of the molecule is CN=C(NCc1cccc(OCc2ccccn2)c1)N1CCC(c2ccc(OC)cc2)C1.I. The van der Waals surface area contributed by atoms with Crippen molar-refractivity contribution in [2.75, 3.05) is 27.2 Å². The second-order valence-corrected chi connectivity index (χ2v) is 7.86. The van der Waals surface area contributed by atoms with Crippen LogP contribution < -0.4 is 14.8 Å². The van der Waals surface area contributed by atoms with Gasteiger partial charge in [-0.3, -0.25) is 9.98 Å². The van der Waals surface area contributed by atoms with Gasteiger partial charge < -0.3 is 19.7 Å². The van der Waals surface area contributed by atoms with E-state index < -0.39 is 0 Å². The number of pyridine rings is 1. The largest absolute Gasteiger partial charge is 0.497 e. The van der Waals surface area contributed by atoms with Crippen molar-refractivity contribution >= 4 is 29.9 Å². The number of aromatic nitrogens is 1. The van der Waals surface area contributed by atoms with Gasteiger partial charge in [-0.1, -0.05) is 30.3 Å². The van der Waals surface area contributed by atoms with Crippen molar-refractivity contribution < 1.29 is 9.47 Å². The van der Waals surface area contributed by atoms with Gasteiger partial charge in [0.2, 0.25) is 0 Å². The lowest BCUT2D eigenvalue weighted by Crippen LogP contribution is -2.39. The molecule has 3 aromatic rings. The maximum Gasteiger partial charge on any atom is 0.193 e. The normalized spacial score (nSPS) is 15.6.